The van der Waals surface area contributed by atoms with E-state index in [4.69, 9.17) is 0 Å². The van der Waals surface area contributed by atoms with Gasteiger partial charge in [-0.05, 0) is 80.9 Å². The maximum Gasteiger partial charge on any atom is 0.101 e. The molecule has 9 aromatic rings. The Bertz CT molecular complexity index is 2760. The fourth-order valence-corrected chi connectivity index (χ4v) is 9.21. The summed E-state index contributed by atoms with van der Waals surface area (Å²) < 4.78 is 2.63. The van der Waals surface area contributed by atoms with Gasteiger partial charge in [-0.1, -0.05) is 164 Å². The highest BCUT2D eigenvalue weighted by atomic mass is 32.1. The van der Waals surface area contributed by atoms with Crippen molar-refractivity contribution in [2.75, 3.05) is 5.32 Å². The zero-order valence-electron chi connectivity index (χ0n) is 30.8. The minimum Gasteiger partial charge on any atom is -0.355 e. The molecule has 1 saturated heterocycles. The van der Waals surface area contributed by atoms with Crippen LogP contribution in [0.1, 0.15) is 29.0 Å². The predicted molar refractivity (Wildman–Crippen MR) is 236 cm³/mol. The molecule has 0 saturated carbocycles. The Hall–Kier alpha value is -6.34. The second kappa shape index (κ2) is 15.1. The number of hydrazine groups is 1. The van der Waals surface area contributed by atoms with Gasteiger partial charge >= 0.3 is 0 Å². The van der Waals surface area contributed by atoms with Gasteiger partial charge in [0.15, 0.2) is 0 Å². The number of fused-ring (bicyclic) bond motifs is 3. The van der Waals surface area contributed by atoms with Crippen molar-refractivity contribution in [1.82, 2.24) is 15.8 Å². The lowest BCUT2D eigenvalue weighted by Gasteiger charge is -2.24. The molecule has 2 atom stereocenters. The van der Waals surface area contributed by atoms with Crippen molar-refractivity contribution in [3.63, 3.8) is 0 Å². The van der Waals surface area contributed by atoms with Crippen LogP contribution in [0.4, 0.5) is 11.4 Å². The van der Waals surface area contributed by atoms with Crippen molar-refractivity contribution in [2.45, 2.75) is 18.9 Å². The normalized spacial score (nSPS) is 15.7. The van der Waals surface area contributed by atoms with Crippen LogP contribution >= 0.6 is 11.3 Å². The highest BCUT2D eigenvalue weighted by molar-refractivity contribution is 7.26. The zero-order chi connectivity index (χ0) is 37.3. The number of rotatable bonds is 9. The van der Waals surface area contributed by atoms with Gasteiger partial charge in [0.25, 0.3) is 0 Å². The number of hydrogen-bond donors (Lipinski definition) is 3. The molecule has 1 aliphatic heterocycles. The number of anilines is 2. The quantitative estimate of drug-likeness (QED) is 0.138. The SMILES string of the molecule is c1ccc(CN2NC(c3ccccc3)NC2c2ccc(Nc3ccc(-c4cccc5c4sc4ccccc45)cc3-c3cccc(-c4ccccc4)c3)cc2)cc1. The fraction of sp³-hybridized carbons (Fsp3) is 0.0588. The predicted octanol–water partition coefficient (Wildman–Crippen LogP) is 13.1. The van der Waals surface area contributed by atoms with E-state index in [1.807, 2.05) is 11.3 Å². The summed E-state index contributed by atoms with van der Waals surface area (Å²) in [6.07, 6.45) is -0.00418. The van der Waals surface area contributed by atoms with Crippen LogP contribution in [-0.2, 0) is 6.54 Å². The molecule has 3 N–H and O–H groups in total. The number of nitrogens with one attached hydrogen (secondary N) is 3. The van der Waals surface area contributed by atoms with Gasteiger partial charge in [0.1, 0.15) is 6.17 Å². The summed E-state index contributed by atoms with van der Waals surface area (Å²) in [7, 11) is 0. The van der Waals surface area contributed by atoms with Crippen LogP contribution in [0.3, 0.4) is 0 Å². The minimum atomic E-state index is -0.0124. The monoisotopic (exact) mass is 740 g/mol. The van der Waals surface area contributed by atoms with E-state index in [-0.39, 0.29) is 12.3 Å². The third kappa shape index (κ3) is 6.79. The molecule has 5 heteroatoms. The molecule has 0 radical (unpaired) electrons. The van der Waals surface area contributed by atoms with Crippen molar-refractivity contribution >= 4 is 42.9 Å². The van der Waals surface area contributed by atoms with Crippen molar-refractivity contribution in [2.24, 2.45) is 0 Å². The third-order valence-corrected chi connectivity index (χ3v) is 12.0. The largest absolute Gasteiger partial charge is 0.355 e. The van der Waals surface area contributed by atoms with Crippen LogP contribution in [0, 0.1) is 0 Å². The lowest BCUT2D eigenvalue weighted by molar-refractivity contribution is 0.165. The van der Waals surface area contributed by atoms with Crippen molar-refractivity contribution in [3.05, 3.63) is 217 Å². The maximum absolute atomic E-state index is 3.85. The molecule has 1 fully saturated rings. The summed E-state index contributed by atoms with van der Waals surface area (Å²) in [5, 5.41) is 12.6. The molecule has 2 unspecified atom stereocenters. The van der Waals surface area contributed by atoms with E-state index < -0.39 is 0 Å². The average Bonchev–Trinajstić information content (AvgIpc) is 3.87. The number of hydrogen-bond acceptors (Lipinski definition) is 5. The summed E-state index contributed by atoms with van der Waals surface area (Å²) in [6.45, 7) is 0.773. The molecule has 0 amide bonds. The molecule has 10 rings (SSSR count). The molecule has 2 heterocycles. The summed E-state index contributed by atoms with van der Waals surface area (Å²) in [5.41, 5.74) is 16.7. The van der Waals surface area contributed by atoms with Gasteiger partial charge < -0.3 is 5.32 Å². The molecular formula is C51H40N4S. The highest BCUT2D eigenvalue weighted by Crippen LogP contribution is 2.43. The molecule has 1 aromatic heterocycles. The van der Waals surface area contributed by atoms with Crippen LogP contribution < -0.4 is 16.1 Å². The highest BCUT2D eigenvalue weighted by Gasteiger charge is 2.32. The standard InChI is InChI=1S/C51H40N4S/c1-4-14-35(15-5-1)34-55-51(53-50(54-55)37-18-8-3-9-19-37)38-26-29-42(30-27-38)52-47-31-28-41(43-23-13-24-45-44-22-10-11-25-48(44)56-49(43)45)33-46(47)40-21-12-20-39(32-40)36-16-6-2-7-17-36/h1-33,50-54H,34H2. The second-order valence-electron chi connectivity index (χ2n) is 14.4. The zero-order valence-corrected chi connectivity index (χ0v) is 31.6. The molecule has 56 heavy (non-hydrogen) atoms. The number of nitrogens with zero attached hydrogens (tertiary/aromatic N) is 1. The van der Waals surface area contributed by atoms with E-state index in [0.29, 0.717) is 0 Å². The topological polar surface area (TPSA) is 39.3 Å². The van der Waals surface area contributed by atoms with Crippen LogP contribution in [0.25, 0.3) is 53.6 Å². The lowest BCUT2D eigenvalue weighted by Crippen LogP contribution is -2.33. The van der Waals surface area contributed by atoms with Gasteiger partial charge in [-0.15, -0.1) is 11.3 Å². The molecule has 4 nitrogen and oxygen atoms in total. The molecule has 0 aliphatic carbocycles. The van der Waals surface area contributed by atoms with Crippen LogP contribution in [0.15, 0.2) is 200 Å². The first-order valence-corrected chi connectivity index (χ1v) is 20.0. The van der Waals surface area contributed by atoms with E-state index in [1.54, 1.807) is 0 Å². The Balaban J connectivity index is 1.00. The number of thiophene rings is 1. The van der Waals surface area contributed by atoms with Crippen LogP contribution in [0.2, 0.25) is 0 Å². The van der Waals surface area contributed by atoms with Gasteiger partial charge in [-0.25, -0.2) is 10.4 Å². The van der Waals surface area contributed by atoms with E-state index in [2.05, 4.69) is 221 Å². The summed E-state index contributed by atoms with van der Waals surface area (Å²) in [5.74, 6) is 0. The molecular weight excluding hydrogens is 701 g/mol. The van der Waals surface area contributed by atoms with Gasteiger partial charge in [0.2, 0.25) is 0 Å². The fourth-order valence-electron chi connectivity index (χ4n) is 7.97. The Morgan fingerprint density at radius 1 is 0.500 bits per heavy atom. The average molecular weight is 741 g/mol. The lowest BCUT2D eigenvalue weighted by atomic mass is 9.94. The van der Waals surface area contributed by atoms with Gasteiger partial charge in [-0.2, -0.15) is 0 Å². The van der Waals surface area contributed by atoms with Gasteiger partial charge in [0.05, 0.1) is 6.17 Å². The summed E-state index contributed by atoms with van der Waals surface area (Å²) >= 11 is 1.87. The molecule has 1 aliphatic rings. The van der Waals surface area contributed by atoms with E-state index in [0.717, 1.165) is 23.5 Å². The van der Waals surface area contributed by atoms with E-state index >= 15 is 0 Å². The third-order valence-electron chi connectivity index (χ3n) is 10.8. The Morgan fingerprint density at radius 2 is 1.16 bits per heavy atom. The van der Waals surface area contributed by atoms with Gasteiger partial charge in [0, 0.05) is 43.7 Å². The minimum absolute atomic E-state index is 0.00819. The van der Waals surface area contributed by atoms with Gasteiger partial charge in [-0.3, -0.25) is 5.32 Å². The summed E-state index contributed by atoms with van der Waals surface area (Å²) in [6, 6.07) is 71.9. The van der Waals surface area contributed by atoms with Crippen molar-refractivity contribution in [1.29, 1.82) is 0 Å². The second-order valence-corrected chi connectivity index (χ2v) is 15.4. The maximum atomic E-state index is 3.85. The number of benzene rings is 8. The Morgan fingerprint density at radius 3 is 1.98 bits per heavy atom. The van der Waals surface area contributed by atoms with E-state index in [9.17, 15) is 0 Å². The molecule has 270 valence electrons. The first-order valence-electron chi connectivity index (χ1n) is 19.2. The first-order chi connectivity index (χ1) is 27.7. The molecule has 0 spiro atoms. The first kappa shape index (κ1) is 34.2. The van der Waals surface area contributed by atoms with Crippen LogP contribution in [0.5, 0.6) is 0 Å². The summed E-state index contributed by atoms with van der Waals surface area (Å²) in [4.78, 5) is 0. The van der Waals surface area contributed by atoms with Crippen LogP contribution in [-0.4, -0.2) is 5.01 Å². The molecule has 8 aromatic carbocycles. The van der Waals surface area contributed by atoms with Crippen molar-refractivity contribution < 1.29 is 0 Å². The van der Waals surface area contributed by atoms with Crippen molar-refractivity contribution in [3.8, 4) is 33.4 Å². The smallest absolute Gasteiger partial charge is 0.101 e. The van der Waals surface area contributed by atoms with E-state index in [1.165, 1.54) is 64.7 Å². The Labute approximate surface area is 331 Å². The molecule has 0 bridgehead atoms. The Kier molecular flexibility index (Phi) is 9.19.